The summed E-state index contributed by atoms with van der Waals surface area (Å²) >= 11 is 0. The number of carbonyl (C=O) groups excluding carboxylic acids is 3. The molecule has 3 unspecified atom stereocenters. The van der Waals surface area contributed by atoms with Crippen molar-refractivity contribution < 1.29 is 34.2 Å². The van der Waals surface area contributed by atoms with Crippen LogP contribution < -0.4 is 21.7 Å². The summed E-state index contributed by atoms with van der Waals surface area (Å²) < 4.78 is 0. The fraction of sp³-hybridized carbons (Fsp3) is 0.476. The molecule has 32 heavy (non-hydrogen) atoms. The van der Waals surface area contributed by atoms with Crippen molar-refractivity contribution in [2.75, 3.05) is 6.54 Å². The maximum Gasteiger partial charge on any atom is 0.326 e. The molecular formula is C21H30N4O7. The smallest absolute Gasteiger partial charge is 0.326 e. The molecular weight excluding hydrogens is 420 g/mol. The normalized spacial score (nSPS) is 13.5. The third kappa shape index (κ3) is 10.0. The first-order valence-corrected chi connectivity index (χ1v) is 10.1. The number of benzene rings is 1. The zero-order valence-corrected chi connectivity index (χ0v) is 18.0. The minimum atomic E-state index is -1.32. The van der Waals surface area contributed by atoms with E-state index in [1.165, 1.54) is 0 Å². The molecule has 0 saturated heterocycles. The Morgan fingerprint density at radius 3 is 2.09 bits per heavy atom. The van der Waals surface area contributed by atoms with E-state index in [0.717, 1.165) is 5.56 Å². The summed E-state index contributed by atoms with van der Waals surface area (Å²) in [6.07, 6.45) is -0.289. The molecule has 0 aliphatic rings. The molecule has 0 aromatic heterocycles. The highest BCUT2D eigenvalue weighted by Crippen LogP contribution is 2.08. The van der Waals surface area contributed by atoms with E-state index in [-0.39, 0.29) is 18.8 Å². The van der Waals surface area contributed by atoms with Crippen LogP contribution in [0.1, 0.15) is 32.3 Å². The average Bonchev–Trinajstić information content (AvgIpc) is 2.70. The fourth-order valence-electron chi connectivity index (χ4n) is 2.85. The Morgan fingerprint density at radius 2 is 1.56 bits per heavy atom. The molecule has 11 nitrogen and oxygen atoms in total. The van der Waals surface area contributed by atoms with Crippen molar-refractivity contribution in [3.63, 3.8) is 0 Å². The van der Waals surface area contributed by atoms with E-state index in [0.29, 0.717) is 0 Å². The lowest BCUT2D eigenvalue weighted by molar-refractivity contribution is -0.142. The highest BCUT2D eigenvalue weighted by atomic mass is 16.4. The summed E-state index contributed by atoms with van der Waals surface area (Å²) in [6, 6.07) is 5.27. The van der Waals surface area contributed by atoms with Crippen molar-refractivity contribution in [1.82, 2.24) is 16.0 Å². The van der Waals surface area contributed by atoms with Gasteiger partial charge in [-0.2, -0.15) is 0 Å². The standard InChI is InChI=1S/C21H30N4O7/c1-12(2)8-16(21(31)32)25-20(30)15(9-13-6-4-3-5-7-13)24-17(26)11-23-19(29)14(22)10-18(27)28/h3-7,12,14-16H,8-11,22H2,1-2H3,(H,23,29)(H,24,26)(H,25,30)(H,27,28)(H,31,32). The molecule has 0 spiro atoms. The lowest BCUT2D eigenvalue weighted by Crippen LogP contribution is -2.54. The highest BCUT2D eigenvalue weighted by Gasteiger charge is 2.27. The van der Waals surface area contributed by atoms with E-state index in [4.69, 9.17) is 10.8 Å². The molecule has 3 amide bonds. The maximum absolute atomic E-state index is 12.8. The third-order valence-electron chi connectivity index (χ3n) is 4.41. The van der Waals surface area contributed by atoms with Crippen molar-refractivity contribution in [2.24, 2.45) is 11.7 Å². The molecule has 0 bridgehead atoms. The van der Waals surface area contributed by atoms with Crippen LogP contribution >= 0.6 is 0 Å². The minimum Gasteiger partial charge on any atom is -0.481 e. The van der Waals surface area contributed by atoms with Crippen molar-refractivity contribution >= 4 is 29.7 Å². The fourth-order valence-corrected chi connectivity index (χ4v) is 2.85. The summed E-state index contributed by atoms with van der Waals surface area (Å²) in [5, 5.41) is 25.2. The highest BCUT2D eigenvalue weighted by molar-refractivity contribution is 5.93. The molecule has 176 valence electrons. The number of aliphatic carboxylic acids is 2. The topological polar surface area (TPSA) is 188 Å². The Hall–Kier alpha value is -3.47. The first kappa shape index (κ1) is 26.6. The molecule has 1 rings (SSSR count). The van der Waals surface area contributed by atoms with E-state index in [2.05, 4.69) is 16.0 Å². The van der Waals surface area contributed by atoms with Gasteiger partial charge in [-0.25, -0.2) is 4.79 Å². The molecule has 0 fully saturated rings. The number of rotatable bonds is 13. The number of hydrogen-bond donors (Lipinski definition) is 6. The zero-order valence-electron chi connectivity index (χ0n) is 18.0. The Morgan fingerprint density at radius 1 is 0.938 bits per heavy atom. The SMILES string of the molecule is CC(C)CC(NC(=O)C(Cc1ccccc1)NC(=O)CNC(=O)C(N)CC(=O)O)C(=O)O. The summed E-state index contributed by atoms with van der Waals surface area (Å²) in [7, 11) is 0. The summed E-state index contributed by atoms with van der Waals surface area (Å²) in [6.45, 7) is 3.12. The lowest BCUT2D eigenvalue weighted by atomic mass is 10.0. The van der Waals surface area contributed by atoms with Crippen molar-refractivity contribution in [2.45, 2.75) is 51.2 Å². The van der Waals surface area contributed by atoms with E-state index < -0.39 is 60.8 Å². The third-order valence-corrected chi connectivity index (χ3v) is 4.41. The van der Waals surface area contributed by atoms with Gasteiger partial charge in [0.1, 0.15) is 12.1 Å². The van der Waals surface area contributed by atoms with Gasteiger partial charge in [-0.15, -0.1) is 0 Å². The van der Waals surface area contributed by atoms with E-state index >= 15 is 0 Å². The number of carboxylic acids is 2. The number of amides is 3. The maximum atomic E-state index is 12.8. The Labute approximate surface area is 185 Å². The molecule has 3 atom stereocenters. The molecule has 1 aromatic rings. The van der Waals surface area contributed by atoms with Crippen molar-refractivity contribution in [1.29, 1.82) is 0 Å². The quantitative estimate of drug-likeness (QED) is 0.226. The Kier molecular flexibility index (Phi) is 10.8. The van der Waals surface area contributed by atoms with Gasteiger partial charge in [0.2, 0.25) is 17.7 Å². The van der Waals surface area contributed by atoms with Gasteiger partial charge < -0.3 is 31.9 Å². The molecule has 0 heterocycles. The largest absolute Gasteiger partial charge is 0.481 e. The number of hydrogen-bond acceptors (Lipinski definition) is 6. The molecule has 11 heteroatoms. The summed E-state index contributed by atoms with van der Waals surface area (Å²) in [5.41, 5.74) is 6.17. The second kappa shape index (κ2) is 13.1. The van der Waals surface area contributed by atoms with E-state index in [1.807, 2.05) is 13.8 Å². The predicted molar refractivity (Wildman–Crippen MR) is 114 cm³/mol. The average molecular weight is 450 g/mol. The summed E-state index contributed by atoms with van der Waals surface area (Å²) in [5.74, 6) is -4.64. The first-order chi connectivity index (χ1) is 15.0. The van der Waals surface area contributed by atoms with Crippen LogP contribution in [0.2, 0.25) is 0 Å². The van der Waals surface area contributed by atoms with E-state index in [9.17, 15) is 29.1 Å². The lowest BCUT2D eigenvalue weighted by Gasteiger charge is -2.22. The van der Waals surface area contributed by atoms with Gasteiger partial charge in [-0.3, -0.25) is 19.2 Å². The van der Waals surface area contributed by atoms with E-state index in [1.54, 1.807) is 30.3 Å². The van der Waals surface area contributed by atoms with Gasteiger partial charge >= 0.3 is 11.9 Å². The van der Waals surface area contributed by atoms with Crippen molar-refractivity contribution in [3.05, 3.63) is 35.9 Å². The molecule has 1 aromatic carbocycles. The van der Waals surface area contributed by atoms with Crippen LogP contribution in [-0.2, 0) is 30.4 Å². The molecule has 0 aliphatic heterocycles. The Balaban J connectivity index is 2.83. The number of nitrogens with one attached hydrogen (secondary N) is 3. The monoisotopic (exact) mass is 450 g/mol. The van der Waals surface area contributed by atoms with Gasteiger partial charge in [0, 0.05) is 6.42 Å². The van der Waals surface area contributed by atoms with Crippen LogP contribution in [0.5, 0.6) is 0 Å². The van der Waals surface area contributed by atoms with Gasteiger partial charge in [0.15, 0.2) is 0 Å². The van der Waals surface area contributed by atoms with Gasteiger partial charge in [-0.05, 0) is 17.9 Å². The molecule has 0 saturated carbocycles. The number of nitrogens with two attached hydrogens (primary N) is 1. The second-order valence-corrected chi connectivity index (χ2v) is 7.76. The second-order valence-electron chi connectivity index (χ2n) is 7.76. The summed E-state index contributed by atoms with van der Waals surface area (Å²) in [4.78, 5) is 59.0. The van der Waals surface area contributed by atoms with Gasteiger partial charge in [0.25, 0.3) is 0 Å². The van der Waals surface area contributed by atoms with Crippen LogP contribution in [-0.4, -0.2) is 64.5 Å². The van der Waals surface area contributed by atoms with Crippen LogP contribution in [0.25, 0.3) is 0 Å². The number of carbonyl (C=O) groups is 5. The van der Waals surface area contributed by atoms with Gasteiger partial charge in [0.05, 0.1) is 19.0 Å². The minimum absolute atomic E-state index is 0.0174. The molecule has 7 N–H and O–H groups in total. The molecule has 0 aliphatic carbocycles. The zero-order chi connectivity index (χ0) is 24.3. The van der Waals surface area contributed by atoms with Crippen LogP contribution in [0.15, 0.2) is 30.3 Å². The van der Waals surface area contributed by atoms with Crippen LogP contribution in [0.3, 0.4) is 0 Å². The Bertz CT molecular complexity index is 814. The van der Waals surface area contributed by atoms with Crippen molar-refractivity contribution in [3.8, 4) is 0 Å². The van der Waals surface area contributed by atoms with Crippen LogP contribution in [0.4, 0.5) is 0 Å². The van der Waals surface area contributed by atoms with Gasteiger partial charge in [-0.1, -0.05) is 44.2 Å². The predicted octanol–water partition coefficient (Wildman–Crippen LogP) is -0.752. The first-order valence-electron chi connectivity index (χ1n) is 10.1. The number of carboxylic acid groups (broad SMARTS) is 2. The van der Waals surface area contributed by atoms with Crippen LogP contribution in [0, 0.1) is 5.92 Å². The molecule has 0 radical (unpaired) electrons.